The Hall–Kier alpha value is -1.43. The molecule has 1 aromatic heterocycles. The first-order valence-corrected chi connectivity index (χ1v) is 5.26. The van der Waals surface area contributed by atoms with Gasteiger partial charge >= 0.3 is 5.97 Å². The zero-order chi connectivity index (χ0) is 12.1. The van der Waals surface area contributed by atoms with E-state index in [9.17, 15) is 4.79 Å². The Morgan fingerprint density at radius 3 is 2.88 bits per heavy atom. The third-order valence-electron chi connectivity index (χ3n) is 2.05. The number of nitrogens with zero attached hydrogens (tertiary/aromatic N) is 4. The summed E-state index contributed by atoms with van der Waals surface area (Å²) in [5.41, 5.74) is 0. The maximum absolute atomic E-state index is 10.5. The molecule has 0 bridgehead atoms. The van der Waals surface area contributed by atoms with Gasteiger partial charge in [0, 0.05) is 6.54 Å². The van der Waals surface area contributed by atoms with Crippen LogP contribution in [-0.2, 0) is 17.9 Å². The predicted molar refractivity (Wildman–Crippen MR) is 58.8 cm³/mol. The van der Waals surface area contributed by atoms with Crippen molar-refractivity contribution in [3.63, 3.8) is 0 Å². The van der Waals surface area contributed by atoms with Gasteiger partial charge in [-0.1, -0.05) is 13.8 Å². The molecule has 1 aromatic rings. The maximum Gasteiger partial charge on any atom is 0.317 e. The number of aromatic nitrogens is 3. The van der Waals surface area contributed by atoms with Crippen LogP contribution in [0.3, 0.4) is 0 Å². The fourth-order valence-electron chi connectivity index (χ4n) is 1.44. The van der Waals surface area contributed by atoms with Gasteiger partial charge in [-0.3, -0.25) is 9.69 Å². The summed E-state index contributed by atoms with van der Waals surface area (Å²) in [6, 6.07) is 0. The Morgan fingerprint density at radius 1 is 1.62 bits per heavy atom. The van der Waals surface area contributed by atoms with Crippen LogP contribution in [0.4, 0.5) is 0 Å². The molecule has 16 heavy (non-hydrogen) atoms. The molecule has 0 fully saturated rings. The van der Waals surface area contributed by atoms with Gasteiger partial charge in [-0.2, -0.15) is 5.10 Å². The van der Waals surface area contributed by atoms with Crippen LogP contribution in [-0.4, -0.2) is 44.3 Å². The summed E-state index contributed by atoms with van der Waals surface area (Å²) >= 11 is 0. The lowest BCUT2D eigenvalue weighted by molar-refractivity contribution is -0.138. The van der Waals surface area contributed by atoms with Crippen LogP contribution in [0, 0.1) is 5.92 Å². The first-order chi connectivity index (χ1) is 7.49. The quantitative estimate of drug-likeness (QED) is 0.762. The monoisotopic (exact) mass is 226 g/mol. The third kappa shape index (κ3) is 3.98. The van der Waals surface area contributed by atoms with Gasteiger partial charge < -0.3 is 5.11 Å². The molecule has 0 aliphatic heterocycles. The highest BCUT2D eigenvalue weighted by molar-refractivity contribution is 5.68. The topological polar surface area (TPSA) is 71.2 Å². The number of hydrogen-bond donors (Lipinski definition) is 1. The van der Waals surface area contributed by atoms with E-state index in [2.05, 4.69) is 23.9 Å². The highest BCUT2D eigenvalue weighted by atomic mass is 16.4. The van der Waals surface area contributed by atoms with Crippen molar-refractivity contribution >= 4 is 5.97 Å². The number of aliphatic carboxylic acids is 1. The maximum atomic E-state index is 10.5. The first-order valence-electron chi connectivity index (χ1n) is 5.26. The number of rotatable bonds is 6. The fourth-order valence-corrected chi connectivity index (χ4v) is 1.44. The van der Waals surface area contributed by atoms with E-state index in [4.69, 9.17) is 5.11 Å². The zero-order valence-electron chi connectivity index (χ0n) is 9.92. The van der Waals surface area contributed by atoms with Crippen LogP contribution in [0.15, 0.2) is 6.33 Å². The van der Waals surface area contributed by atoms with Gasteiger partial charge in [-0.15, -0.1) is 0 Å². The average molecular weight is 226 g/mol. The molecule has 0 spiro atoms. The minimum atomic E-state index is -0.836. The second-order valence-electron chi connectivity index (χ2n) is 4.32. The van der Waals surface area contributed by atoms with E-state index in [0.717, 1.165) is 12.4 Å². The Bertz CT molecular complexity index is 348. The number of carboxylic acids is 1. The number of carbonyl (C=O) groups is 1. The van der Waals surface area contributed by atoms with Crippen molar-refractivity contribution < 1.29 is 9.90 Å². The molecule has 0 saturated heterocycles. The van der Waals surface area contributed by atoms with Crippen molar-refractivity contribution in [3.8, 4) is 0 Å². The number of hydrogen-bond acceptors (Lipinski definition) is 4. The molecule has 1 N–H and O–H groups in total. The van der Waals surface area contributed by atoms with Crippen molar-refractivity contribution in [1.82, 2.24) is 19.7 Å². The van der Waals surface area contributed by atoms with Crippen LogP contribution in [0.1, 0.15) is 19.7 Å². The van der Waals surface area contributed by atoms with Crippen LogP contribution in [0.5, 0.6) is 0 Å². The largest absolute Gasteiger partial charge is 0.480 e. The second kappa shape index (κ2) is 5.60. The number of carboxylic acid groups (broad SMARTS) is 1. The molecule has 1 rings (SSSR count). The molecule has 0 radical (unpaired) electrons. The molecular weight excluding hydrogens is 208 g/mol. The first kappa shape index (κ1) is 12.6. The highest BCUT2D eigenvalue weighted by Gasteiger charge is 2.10. The summed E-state index contributed by atoms with van der Waals surface area (Å²) in [4.78, 5) is 16.3. The van der Waals surface area contributed by atoms with Crippen molar-refractivity contribution in [2.45, 2.75) is 26.9 Å². The smallest absolute Gasteiger partial charge is 0.317 e. The highest BCUT2D eigenvalue weighted by Crippen LogP contribution is 2.03. The SMILES string of the molecule is CC(C)Cn1ncnc1CN(C)CC(=O)O. The van der Waals surface area contributed by atoms with E-state index >= 15 is 0 Å². The van der Waals surface area contributed by atoms with E-state index in [1.807, 2.05) is 4.68 Å². The Morgan fingerprint density at radius 2 is 2.31 bits per heavy atom. The number of likely N-dealkylation sites (N-methyl/N-ethyl adjacent to an activating group) is 1. The van der Waals surface area contributed by atoms with Gasteiger partial charge in [-0.25, -0.2) is 9.67 Å². The van der Waals surface area contributed by atoms with Crippen molar-refractivity contribution in [2.75, 3.05) is 13.6 Å². The minimum absolute atomic E-state index is 0.00847. The molecule has 90 valence electrons. The summed E-state index contributed by atoms with van der Waals surface area (Å²) in [6.45, 7) is 5.52. The summed E-state index contributed by atoms with van der Waals surface area (Å²) < 4.78 is 1.82. The lowest BCUT2D eigenvalue weighted by Gasteiger charge is -2.14. The second-order valence-corrected chi connectivity index (χ2v) is 4.32. The van der Waals surface area contributed by atoms with Crippen LogP contribution in [0.25, 0.3) is 0 Å². The molecule has 1 heterocycles. The van der Waals surface area contributed by atoms with E-state index in [0.29, 0.717) is 12.5 Å². The Kier molecular flexibility index (Phi) is 4.42. The molecule has 0 saturated carbocycles. The molecule has 0 aromatic carbocycles. The molecule has 0 unspecified atom stereocenters. The van der Waals surface area contributed by atoms with E-state index < -0.39 is 5.97 Å². The normalized spacial score (nSPS) is 11.3. The average Bonchev–Trinajstić information content (AvgIpc) is 2.50. The van der Waals surface area contributed by atoms with Crippen molar-refractivity contribution in [2.24, 2.45) is 5.92 Å². The lowest BCUT2D eigenvalue weighted by Crippen LogP contribution is -2.27. The summed E-state index contributed by atoms with van der Waals surface area (Å²) in [6.07, 6.45) is 1.51. The molecule has 0 amide bonds. The van der Waals surface area contributed by atoms with Gasteiger partial charge in [0.1, 0.15) is 12.2 Å². The Balaban J connectivity index is 2.59. The van der Waals surface area contributed by atoms with Crippen LogP contribution < -0.4 is 0 Å². The van der Waals surface area contributed by atoms with Crippen molar-refractivity contribution in [1.29, 1.82) is 0 Å². The predicted octanol–water partition coefficient (Wildman–Crippen LogP) is 0.451. The van der Waals surface area contributed by atoms with Crippen molar-refractivity contribution in [3.05, 3.63) is 12.2 Å². The summed E-state index contributed by atoms with van der Waals surface area (Å²) in [5.74, 6) is 0.458. The van der Waals surface area contributed by atoms with Gasteiger partial charge in [-0.05, 0) is 13.0 Å². The van der Waals surface area contributed by atoms with Gasteiger partial charge in [0.15, 0.2) is 0 Å². The van der Waals surface area contributed by atoms with Gasteiger partial charge in [0.05, 0.1) is 13.1 Å². The Labute approximate surface area is 94.9 Å². The van der Waals surface area contributed by atoms with Crippen LogP contribution >= 0.6 is 0 Å². The molecule has 6 nitrogen and oxygen atoms in total. The molecule has 0 aliphatic carbocycles. The minimum Gasteiger partial charge on any atom is -0.480 e. The third-order valence-corrected chi connectivity index (χ3v) is 2.05. The molecule has 0 atom stereocenters. The summed E-state index contributed by atoms with van der Waals surface area (Å²) in [7, 11) is 1.75. The van der Waals surface area contributed by atoms with E-state index in [1.54, 1.807) is 11.9 Å². The molecule has 6 heteroatoms. The van der Waals surface area contributed by atoms with Crippen LogP contribution in [0.2, 0.25) is 0 Å². The van der Waals surface area contributed by atoms with Gasteiger partial charge in [0.25, 0.3) is 0 Å². The van der Waals surface area contributed by atoms with Gasteiger partial charge in [0.2, 0.25) is 0 Å². The summed E-state index contributed by atoms with van der Waals surface area (Å²) in [5, 5.41) is 12.8. The molecular formula is C10H18N4O2. The van der Waals surface area contributed by atoms with E-state index in [1.165, 1.54) is 6.33 Å². The van der Waals surface area contributed by atoms with E-state index in [-0.39, 0.29) is 6.54 Å². The molecule has 0 aliphatic rings. The fraction of sp³-hybridized carbons (Fsp3) is 0.700. The standard InChI is InChI=1S/C10H18N4O2/c1-8(2)4-14-9(11-7-12-14)5-13(3)6-10(15)16/h7-8H,4-6H2,1-3H3,(H,15,16). The zero-order valence-corrected chi connectivity index (χ0v) is 9.92. The lowest BCUT2D eigenvalue weighted by atomic mass is 10.2.